The van der Waals surface area contributed by atoms with Gasteiger partial charge in [0.15, 0.2) is 23.1 Å². The van der Waals surface area contributed by atoms with Crippen LogP contribution in [-0.4, -0.2) is 23.1 Å². The van der Waals surface area contributed by atoms with Gasteiger partial charge in [0.1, 0.15) is 0 Å². The Labute approximate surface area is 200 Å². The van der Waals surface area contributed by atoms with Crippen molar-refractivity contribution in [2.24, 2.45) is 0 Å². The summed E-state index contributed by atoms with van der Waals surface area (Å²) >= 11 is 0. The van der Waals surface area contributed by atoms with E-state index in [2.05, 4.69) is 0 Å². The first kappa shape index (κ1) is 20.9. The van der Waals surface area contributed by atoms with E-state index in [0.29, 0.717) is 28.7 Å². The maximum atomic E-state index is 12.8. The molecule has 4 aromatic rings. The zero-order valence-electron chi connectivity index (χ0n) is 18.6. The third-order valence-corrected chi connectivity index (χ3v) is 6.59. The summed E-state index contributed by atoms with van der Waals surface area (Å²) in [4.78, 5) is 51.3. The predicted molar refractivity (Wildman–Crippen MR) is 135 cm³/mol. The molecule has 0 radical (unpaired) electrons. The molecule has 0 amide bonds. The minimum Gasteiger partial charge on any atom is -0.288 e. The molecular formula is C31H18O4. The lowest BCUT2D eigenvalue weighted by molar-refractivity contribution is 0.0973. The van der Waals surface area contributed by atoms with Crippen molar-refractivity contribution in [3.8, 4) is 0 Å². The Bertz CT molecular complexity index is 1620. The third kappa shape index (κ3) is 3.30. The zero-order chi connectivity index (χ0) is 24.1. The van der Waals surface area contributed by atoms with Crippen LogP contribution in [0.3, 0.4) is 0 Å². The van der Waals surface area contributed by atoms with Crippen LogP contribution < -0.4 is 0 Å². The smallest absolute Gasteiger partial charge is 0.197 e. The SMILES string of the molecule is O=C1C(=CC=CCC=C2C(=O)c3cc4ccccc4cc3C2=O)C(=O)c2cc3ccccc3cc21. The highest BCUT2D eigenvalue weighted by atomic mass is 16.2. The highest BCUT2D eigenvalue weighted by Gasteiger charge is 2.34. The third-order valence-electron chi connectivity index (χ3n) is 6.59. The van der Waals surface area contributed by atoms with Gasteiger partial charge in [0.2, 0.25) is 0 Å². The van der Waals surface area contributed by atoms with E-state index in [1.807, 2.05) is 48.5 Å². The first-order valence-corrected chi connectivity index (χ1v) is 11.3. The van der Waals surface area contributed by atoms with Gasteiger partial charge in [-0.1, -0.05) is 66.8 Å². The van der Waals surface area contributed by atoms with E-state index in [1.54, 1.807) is 42.5 Å². The van der Waals surface area contributed by atoms with Crippen LogP contribution in [0.2, 0.25) is 0 Å². The van der Waals surface area contributed by atoms with Crippen molar-refractivity contribution in [1.82, 2.24) is 0 Å². The molecule has 0 spiro atoms. The minimum absolute atomic E-state index is 0.117. The van der Waals surface area contributed by atoms with Gasteiger partial charge in [-0.05, 0) is 58.3 Å². The van der Waals surface area contributed by atoms with Gasteiger partial charge in [0.25, 0.3) is 0 Å². The van der Waals surface area contributed by atoms with Crippen LogP contribution in [0, 0.1) is 0 Å². The number of carbonyl (C=O) groups is 4. The van der Waals surface area contributed by atoms with E-state index < -0.39 is 0 Å². The molecule has 166 valence electrons. The van der Waals surface area contributed by atoms with Gasteiger partial charge >= 0.3 is 0 Å². The quantitative estimate of drug-likeness (QED) is 0.271. The Kier molecular flexibility index (Phi) is 4.75. The second-order valence-corrected chi connectivity index (χ2v) is 8.67. The maximum Gasteiger partial charge on any atom is 0.197 e. The van der Waals surface area contributed by atoms with Gasteiger partial charge < -0.3 is 0 Å². The van der Waals surface area contributed by atoms with Crippen LogP contribution in [0.25, 0.3) is 21.5 Å². The molecule has 0 aromatic heterocycles. The van der Waals surface area contributed by atoms with Gasteiger partial charge in [-0.15, -0.1) is 0 Å². The summed E-state index contributed by atoms with van der Waals surface area (Å²) in [7, 11) is 0. The van der Waals surface area contributed by atoms with Crippen LogP contribution in [0.5, 0.6) is 0 Å². The molecule has 0 N–H and O–H groups in total. The summed E-state index contributed by atoms with van der Waals surface area (Å²) in [6.45, 7) is 0. The molecule has 0 atom stereocenters. The Morgan fingerprint density at radius 2 is 0.886 bits per heavy atom. The van der Waals surface area contributed by atoms with Gasteiger partial charge in [0, 0.05) is 22.3 Å². The molecule has 0 saturated heterocycles. The van der Waals surface area contributed by atoms with E-state index in [4.69, 9.17) is 0 Å². The van der Waals surface area contributed by atoms with Gasteiger partial charge in [-0.2, -0.15) is 0 Å². The molecule has 0 aliphatic heterocycles. The highest BCUT2D eigenvalue weighted by Crippen LogP contribution is 2.32. The number of fused-ring (bicyclic) bond motifs is 4. The fourth-order valence-corrected chi connectivity index (χ4v) is 4.78. The van der Waals surface area contributed by atoms with Crippen LogP contribution in [0.15, 0.2) is 108 Å². The van der Waals surface area contributed by atoms with Gasteiger partial charge in [-0.25, -0.2) is 0 Å². The van der Waals surface area contributed by atoms with Crippen molar-refractivity contribution in [3.63, 3.8) is 0 Å². The number of allylic oxidation sites excluding steroid dienone is 6. The monoisotopic (exact) mass is 454 g/mol. The van der Waals surface area contributed by atoms with Crippen LogP contribution in [0.1, 0.15) is 47.9 Å². The molecule has 2 aliphatic carbocycles. The van der Waals surface area contributed by atoms with Crippen molar-refractivity contribution < 1.29 is 19.2 Å². The molecular weight excluding hydrogens is 436 g/mol. The number of benzene rings is 4. The number of rotatable bonds is 3. The van der Waals surface area contributed by atoms with Crippen LogP contribution >= 0.6 is 0 Å². The summed E-state index contributed by atoms with van der Waals surface area (Å²) < 4.78 is 0. The Hall–Kier alpha value is -4.70. The standard InChI is InChI=1S/C31H18O4/c32-28-22(29(33)25-15-19-9-5-4-8-18(19)14-24(25)28)12-2-1-3-13-23-30(34)26-16-20-10-6-7-11-21(20)17-27(26)31(23)35/h1-2,4-17H,3H2. The lowest BCUT2D eigenvalue weighted by Crippen LogP contribution is -2.00. The molecule has 4 heteroatoms. The largest absolute Gasteiger partial charge is 0.288 e. The Balaban J connectivity index is 1.22. The summed E-state index contributed by atoms with van der Waals surface area (Å²) in [6.07, 6.45) is 6.78. The molecule has 2 aliphatic rings. The van der Waals surface area contributed by atoms with Crippen molar-refractivity contribution >= 4 is 44.7 Å². The first-order valence-electron chi connectivity index (χ1n) is 11.3. The van der Waals surface area contributed by atoms with E-state index in [9.17, 15) is 19.2 Å². The second kappa shape index (κ2) is 7.96. The number of hydrogen-bond acceptors (Lipinski definition) is 4. The molecule has 35 heavy (non-hydrogen) atoms. The first-order chi connectivity index (χ1) is 17.0. The summed E-state index contributed by atoms with van der Waals surface area (Å²) in [6, 6.07) is 22.3. The number of Topliss-reactive ketones (excluding diaryl/α,β-unsaturated/α-hetero) is 4. The number of hydrogen-bond donors (Lipinski definition) is 0. The minimum atomic E-state index is -0.289. The molecule has 0 heterocycles. The van der Waals surface area contributed by atoms with E-state index >= 15 is 0 Å². The average molecular weight is 454 g/mol. The molecule has 6 rings (SSSR count). The van der Waals surface area contributed by atoms with Crippen molar-refractivity contribution in [3.05, 3.63) is 131 Å². The fraction of sp³-hybridized carbons (Fsp3) is 0.0323. The average Bonchev–Trinajstić information content (AvgIpc) is 3.25. The number of ketones is 4. The Morgan fingerprint density at radius 1 is 0.514 bits per heavy atom. The summed E-state index contributed by atoms with van der Waals surface area (Å²) in [5.74, 6) is -1.12. The Morgan fingerprint density at radius 3 is 1.29 bits per heavy atom. The van der Waals surface area contributed by atoms with E-state index in [0.717, 1.165) is 21.5 Å². The van der Waals surface area contributed by atoms with Gasteiger partial charge in [-0.3, -0.25) is 19.2 Å². The molecule has 0 saturated carbocycles. The summed E-state index contributed by atoms with van der Waals surface area (Å²) in [5, 5.41) is 3.66. The van der Waals surface area contributed by atoms with E-state index in [1.165, 1.54) is 6.08 Å². The topological polar surface area (TPSA) is 68.3 Å². The van der Waals surface area contributed by atoms with E-state index in [-0.39, 0.29) is 34.3 Å². The lowest BCUT2D eigenvalue weighted by atomic mass is 10.0. The van der Waals surface area contributed by atoms with Crippen LogP contribution in [0.4, 0.5) is 0 Å². The highest BCUT2D eigenvalue weighted by molar-refractivity contribution is 6.41. The molecule has 4 aromatic carbocycles. The molecule has 0 fully saturated rings. The van der Waals surface area contributed by atoms with Gasteiger partial charge in [0.05, 0.1) is 11.1 Å². The summed E-state index contributed by atoms with van der Waals surface area (Å²) in [5.41, 5.74) is 1.97. The van der Waals surface area contributed by atoms with Crippen molar-refractivity contribution in [2.45, 2.75) is 6.42 Å². The predicted octanol–water partition coefficient (Wildman–Crippen LogP) is 6.25. The lowest BCUT2D eigenvalue weighted by Gasteiger charge is -2.00. The second-order valence-electron chi connectivity index (χ2n) is 8.67. The van der Waals surface area contributed by atoms with Crippen LogP contribution in [-0.2, 0) is 0 Å². The van der Waals surface area contributed by atoms with Crippen molar-refractivity contribution in [1.29, 1.82) is 0 Å². The zero-order valence-corrected chi connectivity index (χ0v) is 18.6. The fourth-order valence-electron chi connectivity index (χ4n) is 4.78. The molecule has 4 nitrogen and oxygen atoms in total. The number of carbonyl (C=O) groups excluding carboxylic acids is 4. The van der Waals surface area contributed by atoms with Crippen molar-refractivity contribution in [2.75, 3.05) is 0 Å². The molecule has 0 unspecified atom stereocenters. The normalized spacial score (nSPS) is 15.0. The maximum absolute atomic E-state index is 12.8. The molecule has 0 bridgehead atoms.